The Labute approximate surface area is 111 Å². The molecule has 0 atom stereocenters. The summed E-state index contributed by atoms with van der Waals surface area (Å²) in [5, 5.41) is 5.37. The molecule has 0 aliphatic carbocycles. The molecule has 0 N–H and O–H groups in total. The molecule has 2 aromatic rings. The summed E-state index contributed by atoms with van der Waals surface area (Å²) in [6.45, 7) is 9.60. The van der Waals surface area contributed by atoms with Gasteiger partial charge in [-0.25, -0.2) is 9.67 Å². The number of hydrogen-bond donors (Lipinski definition) is 0. The van der Waals surface area contributed by atoms with Crippen LogP contribution in [0, 0.1) is 19.3 Å². The van der Waals surface area contributed by atoms with E-state index >= 15 is 0 Å². The lowest BCUT2D eigenvalue weighted by atomic mass is 9.96. The van der Waals surface area contributed by atoms with Crippen LogP contribution < -0.4 is 0 Å². The zero-order valence-corrected chi connectivity index (χ0v) is 12.1. The lowest BCUT2D eigenvalue weighted by Crippen LogP contribution is -2.27. The number of rotatable bonds is 1. The molecule has 0 saturated heterocycles. The number of aryl methyl sites for hydroxylation is 2. The topological polar surface area (TPSA) is 47.8 Å². The van der Waals surface area contributed by atoms with Gasteiger partial charge in [-0.05, 0) is 19.9 Å². The first kappa shape index (κ1) is 13.0. The molecule has 2 heterocycles. The van der Waals surface area contributed by atoms with Crippen LogP contribution in [-0.2, 0) is 0 Å². The third-order valence-corrected chi connectivity index (χ3v) is 3.67. The monoisotopic (exact) mass is 263 g/mol. The van der Waals surface area contributed by atoms with Crippen LogP contribution in [0.25, 0.3) is 10.6 Å². The van der Waals surface area contributed by atoms with Crippen LogP contribution in [0.1, 0.15) is 36.3 Å². The first-order valence-electron chi connectivity index (χ1n) is 5.84. The Morgan fingerprint density at radius 3 is 2.50 bits per heavy atom. The van der Waals surface area contributed by atoms with Gasteiger partial charge in [0.2, 0.25) is 0 Å². The van der Waals surface area contributed by atoms with Crippen LogP contribution in [0.3, 0.4) is 0 Å². The SMILES string of the molecule is Cc1nc(C)c(-c2ccn(C(=O)C(C)(C)C)n2)s1. The van der Waals surface area contributed by atoms with E-state index in [0.29, 0.717) is 0 Å². The first-order chi connectivity index (χ1) is 8.29. The second-order valence-electron chi connectivity index (χ2n) is 5.35. The Balaban J connectivity index is 2.37. The van der Waals surface area contributed by atoms with Crippen LogP contribution in [0.5, 0.6) is 0 Å². The second kappa shape index (κ2) is 4.31. The number of nitrogens with zero attached hydrogens (tertiary/aromatic N) is 3. The summed E-state index contributed by atoms with van der Waals surface area (Å²) in [4.78, 5) is 17.5. The van der Waals surface area contributed by atoms with Gasteiger partial charge in [0.25, 0.3) is 5.91 Å². The molecule has 5 heteroatoms. The number of carbonyl (C=O) groups is 1. The highest BCUT2D eigenvalue weighted by Crippen LogP contribution is 2.28. The summed E-state index contributed by atoms with van der Waals surface area (Å²) >= 11 is 1.60. The molecular formula is C13H17N3OS. The van der Waals surface area contributed by atoms with Gasteiger partial charge >= 0.3 is 0 Å². The highest BCUT2D eigenvalue weighted by molar-refractivity contribution is 7.15. The zero-order chi connectivity index (χ0) is 13.5. The van der Waals surface area contributed by atoms with Crippen LogP contribution >= 0.6 is 11.3 Å². The Morgan fingerprint density at radius 2 is 2.00 bits per heavy atom. The maximum Gasteiger partial charge on any atom is 0.252 e. The molecule has 2 rings (SSSR count). The molecule has 0 aromatic carbocycles. The Kier molecular flexibility index (Phi) is 3.11. The maximum atomic E-state index is 12.1. The molecule has 2 aromatic heterocycles. The predicted molar refractivity (Wildman–Crippen MR) is 72.9 cm³/mol. The zero-order valence-electron chi connectivity index (χ0n) is 11.3. The van der Waals surface area contributed by atoms with E-state index in [2.05, 4.69) is 10.1 Å². The van der Waals surface area contributed by atoms with E-state index in [4.69, 9.17) is 0 Å². The summed E-state index contributed by atoms with van der Waals surface area (Å²) in [6.07, 6.45) is 1.72. The van der Waals surface area contributed by atoms with Crippen molar-refractivity contribution in [2.45, 2.75) is 34.6 Å². The van der Waals surface area contributed by atoms with Crippen molar-refractivity contribution in [2.75, 3.05) is 0 Å². The van der Waals surface area contributed by atoms with E-state index in [1.165, 1.54) is 4.68 Å². The largest absolute Gasteiger partial charge is 0.272 e. The van der Waals surface area contributed by atoms with Crippen molar-refractivity contribution < 1.29 is 4.79 Å². The molecule has 0 amide bonds. The Bertz CT molecular complexity index is 590. The molecule has 0 aliphatic heterocycles. The van der Waals surface area contributed by atoms with Gasteiger partial charge in [0.15, 0.2) is 0 Å². The van der Waals surface area contributed by atoms with Crippen molar-refractivity contribution in [1.82, 2.24) is 14.8 Å². The highest BCUT2D eigenvalue weighted by atomic mass is 32.1. The van der Waals surface area contributed by atoms with Gasteiger partial charge in [0, 0.05) is 11.6 Å². The minimum Gasteiger partial charge on any atom is -0.272 e. The third kappa shape index (κ3) is 2.36. The molecule has 0 fully saturated rings. The Hall–Kier alpha value is -1.49. The van der Waals surface area contributed by atoms with E-state index in [1.54, 1.807) is 17.5 Å². The number of aromatic nitrogens is 3. The normalized spacial score (nSPS) is 11.8. The van der Waals surface area contributed by atoms with E-state index in [9.17, 15) is 4.79 Å². The van der Waals surface area contributed by atoms with Crippen LogP contribution in [0.4, 0.5) is 0 Å². The quantitative estimate of drug-likeness (QED) is 0.793. The average Bonchev–Trinajstić information content (AvgIpc) is 2.82. The average molecular weight is 263 g/mol. The second-order valence-corrected chi connectivity index (χ2v) is 6.55. The van der Waals surface area contributed by atoms with Crippen molar-refractivity contribution in [1.29, 1.82) is 0 Å². The van der Waals surface area contributed by atoms with Gasteiger partial charge in [-0.3, -0.25) is 4.79 Å². The fraction of sp³-hybridized carbons (Fsp3) is 0.462. The van der Waals surface area contributed by atoms with Gasteiger partial charge in [-0.15, -0.1) is 11.3 Å². The maximum absolute atomic E-state index is 12.1. The molecule has 0 spiro atoms. The molecule has 0 bridgehead atoms. The van der Waals surface area contributed by atoms with E-state index in [1.807, 2.05) is 40.7 Å². The first-order valence-corrected chi connectivity index (χ1v) is 6.65. The van der Waals surface area contributed by atoms with Gasteiger partial charge in [-0.1, -0.05) is 20.8 Å². The standard InChI is InChI=1S/C13H17N3OS/c1-8-11(18-9(2)14-8)10-6-7-16(15-10)12(17)13(3,4)5/h6-7H,1-5H3. The van der Waals surface area contributed by atoms with Crippen LogP contribution in [0.2, 0.25) is 0 Å². The van der Waals surface area contributed by atoms with Crippen molar-refractivity contribution in [3.05, 3.63) is 23.0 Å². The molecule has 0 saturated carbocycles. The van der Waals surface area contributed by atoms with Crippen LogP contribution in [-0.4, -0.2) is 20.7 Å². The van der Waals surface area contributed by atoms with Crippen molar-refractivity contribution >= 4 is 17.2 Å². The van der Waals surface area contributed by atoms with E-state index in [-0.39, 0.29) is 5.91 Å². The van der Waals surface area contributed by atoms with Crippen molar-refractivity contribution in [3.8, 4) is 10.6 Å². The lowest BCUT2D eigenvalue weighted by Gasteiger charge is -2.15. The van der Waals surface area contributed by atoms with Crippen molar-refractivity contribution in [2.24, 2.45) is 5.41 Å². The van der Waals surface area contributed by atoms with Gasteiger partial charge in [-0.2, -0.15) is 5.10 Å². The third-order valence-electron chi connectivity index (χ3n) is 2.57. The Morgan fingerprint density at radius 1 is 1.33 bits per heavy atom. The number of hydrogen-bond acceptors (Lipinski definition) is 4. The molecule has 0 aliphatic rings. The summed E-state index contributed by atoms with van der Waals surface area (Å²) in [5.74, 6) is -0.00681. The van der Waals surface area contributed by atoms with Gasteiger partial charge < -0.3 is 0 Å². The molecule has 18 heavy (non-hydrogen) atoms. The molecule has 0 unspecified atom stereocenters. The van der Waals surface area contributed by atoms with Crippen molar-refractivity contribution in [3.63, 3.8) is 0 Å². The summed E-state index contributed by atoms with van der Waals surface area (Å²) < 4.78 is 1.42. The van der Waals surface area contributed by atoms with E-state index < -0.39 is 5.41 Å². The smallest absolute Gasteiger partial charge is 0.252 e. The molecule has 0 radical (unpaired) electrons. The molecule has 96 valence electrons. The fourth-order valence-electron chi connectivity index (χ4n) is 1.67. The summed E-state index contributed by atoms with van der Waals surface area (Å²) in [6, 6.07) is 1.86. The van der Waals surface area contributed by atoms with Gasteiger partial charge in [0.05, 0.1) is 15.6 Å². The lowest BCUT2D eigenvalue weighted by molar-refractivity contribution is 0.0749. The number of carbonyl (C=O) groups excluding carboxylic acids is 1. The molecular weight excluding hydrogens is 246 g/mol. The molecule has 4 nitrogen and oxygen atoms in total. The summed E-state index contributed by atoms with van der Waals surface area (Å²) in [7, 11) is 0. The number of thiazole rings is 1. The van der Waals surface area contributed by atoms with E-state index in [0.717, 1.165) is 21.3 Å². The highest BCUT2D eigenvalue weighted by Gasteiger charge is 2.24. The predicted octanol–water partition coefficient (Wildman–Crippen LogP) is 3.31. The van der Waals surface area contributed by atoms with Crippen LogP contribution in [0.15, 0.2) is 12.3 Å². The minimum absolute atomic E-state index is 0.00681. The summed E-state index contributed by atoms with van der Waals surface area (Å²) in [5.41, 5.74) is 1.35. The van der Waals surface area contributed by atoms with Gasteiger partial charge in [0.1, 0.15) is 5.69 Å². The minimum atomic E-state index is -0.429. The fourth-order valence-corrected chi connectivity index (χ4v) is 2.56.